The second kappa shape index (κ2) is 11.4. The summed E-state index contributed by atoms with van der Waals surface area (Å²) in [6.45, 7) is 6.89. The number of aliphatic carboxylic acids is 1. The van der Waals surface area contributed by atoms with E-state index in [9.17, 15) is 39.0 Å². The van der Waals surface area contributed by atoms with Crippen LogP contribution in [-0.4, -0.2) is 63.7 Å². The average Bonchev–Trinajstić information content (AvgIpc) is 3.16. The van der Waals surface area contributed by atoms with Gasteiger partial charge in [-0.15, -0.1) is 0 Å². The molecular formula is C31H43NO9. The van der Waals surface area contributed by atoms with Crippen molar-refractivity contribution in [3.63, 3.8) is 0 Å². The fourth-order valence-electron chi connectivity index (χ4n) is 8.36. The fourth-order valence-corrected chi connectivity index (χ4v) is 8.36. The molecule has 4 aliphatic rings. The van der Waals surface area contributed by atoms with E-state index in [2.05, 4.69) is 12.2 Å². The van der Waals surface area contributed by atoms with Crippen LogP contribution in [0.5, 0.6) is 0 Å². The zero-order chi connectivity index (χ0) is 30.3. The van der Waals surface area contributed by atoms with Crippen LogP contribution in [0.3, 0.4) is 0 Å². The normalized spacial score (nSPS) is 35.1. The summed E-state index contributed by atoms with van der Waals surface area (Å²) in [6, 6.07) is -1.06. The number of allylic oxidation sites excluding steroid dienone is 1. The van der Waals surface area contributed by atoms with E-state index in [4.69, 9.17) is 4.74 Å². The Balaban J connectivity index is 1.36. The maximum atomic E-state index is 13.7. The van der Waals surface area contributed by atoms with Gasteiger partial charge in [-0.2, -0.15) is 0 Å². The molecule has 4 rings (SSSR count). The predicted octanol–water partition coefficient (Wildman–Crippen LogP) is 2.94. The van der Waals surface area contributed by atoms with Crippen LogP contribution in [0.4, 0.5) is 0 Å². The second-order valence-corrected chi connectivity index (χ2v) is 13.5. The standard InChI is InChI=1S/C31H43NO9/c1-17(2)13-22(28(38)39)32-25(36)7-8-26(37)41-16-24(35)31(40)12-10-21-20-6-5-18-14-19(33)9-11-29(18,3)27(20)23(34)15-30(21,31)4/h14,17,20-22,27,40H,5-13,15-16H2,1-4H3,(H,32,36)(H,38,39)/t20-,21+,22-,27+,29-,30-,31-/m0/s1. The Morgan fingerprint density at radius 2 is 1.78 bits per heavy atom. The summed E-state index contributed by atoms with van der Waals surface area (Å²) in [5.41, 5.74) is -2.13. The second-order valence-electron chi connectivity index (χ2n) is 13.5. The zero-order valence-electron chi connectivity index (χ0n) is 24.5. The summed E-state index contributed by atoms with van der Waals surface area (Å²) in [4.78, 5) is 75.0. The predicted molar refractivity (Wildman–Crippen MR) is 146 cm³/mol. The van der Waals surface area contributed by atoms with Crippen LogP contribution in [0.15, 0.2) is 11.6 Å². The van der Waals surface area contributed by atoms with E-state index in [-0.39, 0.29) is 72.8 Å². The van der Waals surface area contributed by atoms with Crippen molar-refractivity contribution in [1.82, 2.24) is 5.32 Å². The molecule has 3 fully saturated rings. The minimum atomic E-state index is -1.82. The van der Waals surface area contributed by atoms with E-state index in [1.54, 1.807) is 13.0 Å². The Morgan fingerprint density at radius 3 is 2.44 bits per heavy atom. The lowest BCUT2D eigenvalue weighted by atomic mass is 9.46. The molecule has 0 spiro atoms. The van der Waals surface area contributed by atoms with Crippen molar-refractivity contribution in [2.45, 2.75) is 104 Å². The molecule has 0 aliphatic heterocycles. The Morgan fingerprint density at radius 1 is 1.07 bits per heavy atom. The number of amides is 1. The van der Waals surface area contributed by atoms with Crippen LogP contribution in [-0.2, 0) is 33.5 Å². The molecule has 0 unspecified atom stereocenters. The highest BCUT2D eigenvalue weighted by molar-refractivity contribution is 5.95. The highest BCUT2D eigenvalue weighted by Gasteiger charge is 2.68. The molecule has 0 aromatic carbocycles. The van der Waals surface area contributed by atoms with Crippen molar-refractivity contribution in [1.29, 1.82) is 0 Å². The number of rotatable bonds is 10. The van der Waals surface area contributed by atoms with Crippen molar-refractivity contribution in [3.8, 4) is 0 Å². The number of nitrogens with one attached hydrogen (secondary N) is 1. The molecule has 0 heterocycles. The molecule has 41 heavy (non-hydrogen) atoms. The largest absolute Gasteiger partial charge is 0.480 e. The highest BCUT2D eigenvalue weighted by atomic mass is 16.5. The van der Waals surface area contributed by atoms with Gasteiger partial charge in [-0.3, -0.25) is 24.0 Å². The summed E-state index contributed by atoms with van der Waals surface area (Å²) in [6.07, 6.45) is 4.66. The first-order chi connectivity index (χ1) is 19.1. The summed E-state index contributed by atoms with van der Waals surface area (Å²) in [5, 5.41) is 23.4. The number of carboxylic acids is 1. The first-order valence-electron chi connectivity index (χ1n) is 14.8. The topological polar surface area (TPSA) is 164 Å². The van der Waals surface area contributed by atoms with E-state index in [1.165, 1.54) is 0 Å². The van der Waals surface area contributed by atoms with E-state index < -0.39 is 47.3 Å². The van der Waals surface area contributed by atoms with Gasteiger partial charge in [-0.25, -0.2) is 4.79 Å². The lowest BCUT2D eigenvalue weighted by molar-refractivity contribution is -0.173. The molecular weight excluding hydrogens is 530 g/mol. The number of carboxylic acid groups (broad SMARTS) is 1. The van der Waals surface area contributed by atoms with Crippen LogP contribution in [0.1, 0.15) is 91.9 Å². The van der Waals surface area contributed by atoms with Crippen LogP contribution in [0, 0.1) is 34.5 Å². The number of carbonyl (C=O) groups is 6. The minimum absolute atomic E-state index is 0.00446. The molecule has 3 saturated carbocycles. The Bertz CT molecular complexity index is 1170. The lowest BCUT2D eigenvalue weighted by Crippen LogP contribution is -2.61. The Labute approximate surface area is 240 Å². The van der Waals surface area contributed by atoms with E-state index in [1.807, 2.05) is 13.8 Å². The quantitative estimate of drug-likeness (QED) is 0.333. The van der Waals surface area contributed by atoms with Crippen LogP contribution in [0.25, 0.3) is 0 Å². The zero-order valence-corrected chi connectivity index (χ0v) is 24.5. The van der Waals surface area contributed by atoms with E-state index in [0.717, 1.165) is 18.4 Å². The van der Waals surface area contributed by atoms with Crippen LogP contribution < -0.4 is 5.32 Å². The lowest BCUT2D eigenvalue weighted by Gasteiger charge is -2.57. The van der Waals surface area contributed by atoms with Gasteiger partial charge in [0.2, 0.25) is 11.7 Å². The van der Waals surface area contributed by atoms with Crippen molar-refractivity contribution in [2.24, 2.45) is 34.5 Å². The molecule has 4 aliphatic carbocycles. The van der Waals surface area contributed by atoms with Gasteiger partial charge in [0.05, 0.1) is 6.42 Å². The van der Waals surface area contributed by atoms with Gasteiger partial charge >= 0.3 is 11.9 Å². The van der Waals surface area contributed by atoms with Crippen molar-refractivity contribution in [2.75, 3.05) is 6.61 Å². The van der Waals surface area contributed by atoms with Gasteiger partial charge < -0.3 is 20.3 Å². The number of carbonyl (C=O) groups excluding carboxylic acids is 5. The number of hydrogen-bond donors (Lipinski definition) is 3. The number of Topliss-reactive ketones (excluding diaryl/α,β-unsaturated/α-hetero) is 2. The highest BCUT2D eigenvalue weighted by Crippen LogP contribution is 2.66. The first kappa shape index (κ1) is 31.1. The third kappa shape index (κ3) is 5.64. The number of esters is 1. The van der Waals surface area contributed by atoms with Crippen molar-refractivity contribution in [3.05, 3.63) is 11.6 Å². The van der Waals surface area contributed by atoms with Gasteiger partial charge in [-0.1, -0.05) is 33.3 Å². The summed E-state index contributed by atoms with van der Waals surface area (Å²) >= 11 is 0. The van der Waals surface area contributed by atoms with Gasteiger partial charge in [-0.05, 0) is 67.8 Å². The molecule has 0 radical (unpaired) electrons. The molecule has 0 bridgehead atoms. The molecule has 10 nitrogen and oxygen atoms in total. The number of hydrogen-bond acceptors (Lipinski definition) is 8. The van der Waals surface area contributed by atoms with Crippen LogP contribution in [0.2, 0.25) is 0 Å². The fraction of sp³-hybridized carbons (Fsp3) is 0.742. The molecule has 7 atom stereocenters. The smallest absolute Gasteiger partial charge is 0.326 e. The van der Waals surface area contributed by atoms with Gasteiger partial charge in [0.1, 0.15) is 17.4 Å². The van der Waals surface area contributed by atoms with Crippen molar-refractivity contribution < 1.29 is 43.7 Å². The van der Waals surface area contributed by atoms with E-state index >= 15 is 0 Å². The number of fused-ring (bicyclic) bond motifs is 5. The average molecular weight is 574 g/mol. The minimum Gasteiger partial charge on any atom is -0.480 e. The van der Waals surface area contributed by atoms with E-state index in [0.29, 0.717) is 19.3 Å². The van der Waals surface area contributed by atoms with Gasteiger partial charge in [0.25, 0.3) is 0 Å². The number of ketones is 3. The molecule has 10 heteroatoms. The molecule has 0 aromatic heterocycles. The molecule has 226 valence electrons. The summed E-state index contributed by atoms with van der Waals surface area (Å²) in [7, 11) is 0. The SMILES string of the molecule is CC(C)C[C@H](NC(=O)CCC(=O)OCC(=O)[C@@]1(O)CC[C@@H]2[C@@H]3CCC4=CC(=O)CC[C@]4(C)[C@H]3C(=O)C[C@@]21C)C(=O)O. The third-order valence-corrected chi connectivity index (χ3v) is 10.5. The number of aliphatic hydroxyl groups is 1. The monoisotopic (exact) mass is 573 g/mol. The van der Waals surface area contributed by atoms with Crippen LogP contribution >= 0.6 is 0 Å². The Kier molecular flexibility index (Phi) is 8.65. The Hall–Kier alpha value is -2.88. The molecule has 3 N–H and O–H groups in total. The first-order valence-corrected chi connectivity index (χ1v) is 14.8. The van der Waals surface area contributed by atoms with Crippen molar-refractivity contribution >= 4 is 35.2 Å². The van der Waals surface area contributed by atoms with Gasteiger partial charge in [0.15, 0.2) is 12.4 Å². The third-order valence-electron chi connectivity index (χ3n) is 10.5. The molecule has 0 aromatic rings. The number of ether oxygens (including phenoxy) is 1. The molecule has 0 saturated heterocycles. The van der Waals surface area contributed by atoms with Gasteiger partial charge in [0, 0.05) is 30.6 Å². The maximum Gasteiger partial charge on any atom is 0.326 e. The summed E-state index contributed by atoms with van der Waals surface area (Å²) < 4.78 is 5.13. The maximum absolute atomic E-state index is 13.7. The molecule has 1 amide bonds. The summed E-state index contributed by atoms with van der Waals surface area (Å²) in [5.74, 6) is -3.34.